The van der Waals surface area contributed by atoms with Gasteiger partial charge >= 0.3 is 0 Å². The van der Waals surface area contributed by atoms with Crippen LogP contribution in [0.5, 0.6) is 0 Å². The lowest BCUT2D eigenvalue weighted by molar-refractivity contribution is -0.125. The minimum atomic E-state index is 0.132. The van der Waals surface area contributed by atoms with Crippen LogP contribution in [0.25, 0.3) is 0 Å². The Morgan fingerprint density at radius 3 is 1.47 bits per heavy atom. The van der Waals surface area contributed by atoms with Crippen molar-refractivity contribution in [3.63, 3.8) is 0 Å². The van der Waals surface area contributed by atoms with Gasteiger partial charge in [0, 0.05) is 12.8 Å². The van der Waals surface area contributed by atoms with Crippen molar-refractivity contribution < 1.29 is 4.79 Å². The van der Waals surface area contributed by atoms with Crippen LogP contribution in [-0.4, -0.2) is 5.78 Å². The fourth-order valence-corrected chi connectivity index (χ4v) is 8.05. The highest BCUT2D eigenvalue weighted by atomic mass is 16.1. The minimum absolute atomic E-state index is 0.132. The Bertz CT molecular complexity index is 769. The average Bonchev–Trinajstić information content (AvgIpc) is 2.65. The van der Waals surface area contributed by atoms with Gasteiger partial charge in [-0.15, -0.1) is 0 Å². The van der Waals surface area contributed by atoms with E-state index >= 15 is 0 Å². The Balaban J connectivity index is 1.50. The molecule has 0 spiro atoms. The first-order valence-corrected chi connectivity index (χ1v) is 13.7. The molecule has 0 aromatic carbocycles. The van der Waals surface area contributed by atoms with E-state index in [1.165, 1.54) is 51.4 Å². The second-order valence-electron chi connectivity index (χ2n) is 14.4. The molecule has 1 heteroatoms. The summed E-state index contributed by atoms with van der Waals surface area (Å²) in [5.74, 6) is 1.76. The van der Waals surface area contributed by atoms with Gasteiger partial charge in [0.25, 0.3) is 0 Å². The largest absolute Gasteiger partial charge is 0.300 e. The van der Waals surface area contributed by atoms with Crippen LogP contribution in [-0.2, 0) is 4.79 Å². The topological polar surface area (TPSA) is 17.1 Å². The van der Waals surface area contributed by atoms with Gasteiger partial charge in [-0.2, -0.15) is 0 Å². The zero-order chi connectivity index (χ0) is 23.5. The Kier molecular flexibility index (Phi) is 6.17. The molecule has 4 rings (SSSR count). The molecule has 0 saturated carbocycles. The first kappa shape index (κ1) is 24.3. The van der Waals surface area contributed by atoms with Crippen molar-refractivity contribution in [2.45, 2.75) is 132 Å². The van der Waals surface area contributed by atoms with Crippen molar-refractivity contribution in [1.29, 1.82) is 0 Å². The quantitative estimate of drug-likeness (QED) is 0.400. The number of rotatable bonds is 4. The number of carbonyl (C=O) groups excluding carboxylic acids is 1. The Morgan fingerprint density at radius 1 is 0.719 bits per heavy atom. The van der Waals surface area contributed by atoms with Gasteiger partial charge in [-0.25, -0.2) is 0 Å². The van der Waals surface area contributed by atoms with E-state index in [0.717, 1.165) is 25.7 Å². The van der Waals surface area contributed by atoms with Crippen molar-refractivity contribution in [2.24, 2.45) is 33.5 Å². The fraction of sp³-hybridized carbons (Fsp3) is 0.839. The lowest BCUT2D eigenvalue weighted by atomic mass is 9.55. The van der Waals surface area contributed by atoms with Crippen molar-refractivity contribution in [2.75, 3.05) is 0 Å². The Labute approximate surface area is 198 Å². The number of hydrogen-bond donors (Lipinski definition) is 0. The molecule has 1 nitrogen and oxygen atoms in total. The number of Topliss-reactive ketones (excluding diaryl/α,β-unsaturated/α-hetero) is 1. The first-order valence-electron chi connectivity index (χ1n) is 13.7. The predicted molar refractivity (Wildman–Crippen MR) is 137 cm³/mol. The summed E-state index contributed by atoms with van der Waals surface area (Å²) in [4.78, 5) is 13.7. The van der Waals surface area contributed by atoms with Crippen molar-refractivity contribution in [3.05, 3.63) is 22.3 Å². The standard InChI is InChI=1S/C31H50O/c1-21-15-23-11-9-13-28(3,4)26(23)19-30(21,7)17-25(32)18-31(8)20-27-24(16-22(31)2)12-10-14-29(27,5)6/h21-22H,9-20H2,1-8H3. The molecule has 4 aliphatic rings. The molecule has 4 aliphatic carbocycles. The molecule has 0 amide bonds. The molecule has 32 heavy (non-hydrogen) atoms. The van der Waals surface area contributed by atoms with Gasteiger partial charge in [-0.3, -0.25) is 4.79 Å². The smallest absolute Gasteiger partial charge is 0.134 e. The highest BCUT2D eigenvalue weighted by Crippen LogP contribution is 2.57. The molecule has 4 atom stereocenters. The second kappa shape index (κ2) is 8.13. The zero-order valence-corrected chi connectivity index (χ0v) is 22.5. The normalized spacial score (nSPS) is 38.9. The minimum Gasteiger partial charge on any atom is -0.300 e. The van der Waals surface area contributed by atoms with Crippen LogP contribution in [0.1, 0.15) is 132 Å². The van der Waals surface area contributed by atoms with E-state index in [1.54, 1.807) is 22.3 Å². The fourth-order valence-electron chi connectivity index (χ4n) is 8.05. The zero-order valence-electron chi connectivity index (χ0n) is 22.5. The average molecular weight is 439 g/mol. The number of allylic oxidation sites excluding steroid dienone is 4. The maximum atomic E-state index is 13.7. The van der Waals surface area contributed by atoms with Crippen LogP contribution in [0, 0.1) is 33.5 Å². The van der Waals surface area contributed by atoms with Gasteiger partial charge < -0.3 is 0 Å². The lowest BCUT2D eigenvalue weighted by Gasteiger charge is -2.50. The highest BCUT2D eigenvalue weighted by molar-refractivity contribution is 5.80. The molecule has 0 fully saturated rings. The van der Waals surface area contributed by atoms with E-state index in [9.17, 15) is 4.79 Å². The highest BCUT2D eigenvalue weighted by Gasteiger charge is 2.47. The monoisotopic (exact) mass is 438 g/mol. The van der Waals surface area contributed by atoms with Crippen molar-refractivity contribution >= 4 is 5.78 Å². The first-order chi connectivity index (χ1) is 14.8. The van der Waals surface area contributed by atoms with Gasteiger partial charge in [0.15, 0.2) is 0 Å². The molecular weight excluding hydrogens is 388 g/mol. The Morgan fingerprint density at radius 2 is 1.09 bits per heavy atom. The molecule has 0 aliphatic heterocycles. The lowest BCUT2D eigenvalue weighted by Crippen LogP contribution is -2.40. The van der Waals surface area contributed by atoms with Gasteiger partial charge in [-0.05, 0) is 97.7 Å². The predicted octanol–water partition coefficient (Wildman–Crippen LogP) is 9.22. The van der Waals surface area contributed by atoms with E-state index in [1.807, 2.05) is 0 Å². The molecule has 180 valence electrons. The third-order valence-corrected chi connectivity index (χ3v) is 10.9. The summed E-state index contributed by atoms with van der Waals surface area (Å²) in [6.07, 6.45) is 14.2. The van der Waals surface area contributed by atoms with Crippen molar-refractivity contribution in [1.82, 2.24) is 0 Å². The number of carbonyl (C=O) groups is 1. The van der Waals surface area contributed by atoms with Crippen LogP contribution in [0.2, 0.25) is 0 Å². The maximum absolute atomic E-state index is 13.7. The van der Waals surface area contributed by atoms with Gasteiger partial charge in [0.05, 0.1) is 0 Å². The molecule has 0 N–H and O–H groups in total. The number of ketones is 1. The summed E-state index contributed by atoms with van der Waals surface area (Å²) in [5, 5.41) is 0. The summed E-state index contributed by atoms with van der Waals surface area (Å²) in [6, 6.07) is 0. The third-order valence-electron chi connectivity index (χ3n) is 10.9. The van der Waals surface area contributed by atoms with Gasteiger partial charge in [0.2, 0.25) is 0 Å². The van der Waals surface area contributed by atoms with Crippen LogP contribution >= 0.6 is 0 Å². The molecule has 0 bridgehead atoms. The maximum Gasteiger partial charge on any atom is 0.134 e. The van der Waals surface area contributed by atoms with E-state index in [2.05, 4.69) is 55.4 Å². The molecule has 0 saturated heterocycles. The summed E-state index contributed by atoms with van der Waals surface area (Å²) < 4.78 is 0. The summed E-state index contributed by atoms with van der Waals surface area (Å²) in [6.45, 7) is 19.5. The molecular formula is C31H50O. The molecule has 0 aromatic heterocycles. The van der Waals surface area contributed by atoms with Crippen LogP contribution in [0.3, 0.4) is 0 Å². The van der Waals surface area contributed by atoms with E-state index in [-0.39, 0.29) is 10.8 Å². The SMILES string of the molecule is CC1CC2=C(CC1(C)CC(=O)CC1(C)CC3=C(CCCC3(C)C)CC1C)C(C)(C)CCC2. The molecule has 0 radical (unpaired) electrons. The van der Waals surface area contributed by atoms with Crippen molar-refractivity contribution in [3.8, 4) is 0 Å². The number of hydrogen-bond acceptors (Lipinski definition) is 1. The Hall–Kier alpha value is -0.850. The van der Waals surface area contributed by atoms with Gasteiger partial charge in [-0.1, -0.05) is 77.7 Å². The third kappa shape index (κ3) is 4.32. The van der Waals surface area contributed by atoms with E-state index in [0.29, 0.717) is 28.4 Å². The summed E-state index contributed by atoms with van der Waals surface area (Å²) in [5.41, 5.74) is 7.84. The summed E-state index contributed by atoms with van der Waals surface area (Å²) >= 11 is 0. The van der Waals surface area contributed by atoms with Crippen LogP contribution in [0.15, 0.2) is 22.3 Å². The van der Waals surface area contributed by atoms with E-state index < -0.39 is 0 Å². The molecule has 0 aromatic rings. The van der Waals surface area contributed by atoms with Gasteiger partial charge in [0.1, 0.15) is 5.78 Å². The van der Waals surface area contributed by atoms with Crippen LogP contribution in [0.4, 0.5) is 0 Å². The molecule has 0 heterocycles. The van der Waals surface area contributed by atoms with Crippen LogP contribution < -0.4 is 0 Å². The molecule has 4 unspecified atom stereocenters. The van der Waals surface area contributed by atoms with E-state index in [4.69, 9.17) is 0 Å². The second-order valence-corrected chi connectivity index (χ2v) is 14.4. The summed E-state index contributed by atoms with van der Waals surface area (Å²) in [7, 11) is 0.